The number of piperazine rings is 1. The van der Waals surface area contributed by atoms with Gasteiger partial charge in [-0.15, -0.1) is 0 Å². The van der Waals surface area contributed by atoms with Crippen molar-refractivity contribution >= 4 is 29.0 Å². The van der Waals surface area contributed by atoms with E-state index >= 15 is 0 Å². The number of hydrogen-bond acceptors (Lipinski definition) is 6. The van der Waals surface area contributed by atoms with Crippen molar-refractivity contribution in [2.24, 2.45) is 0 Å². The van der Waals surface area contributed by atoms with E-state index in [2.05, 4.69) is 17.1 Å². The second-order valence-electron chi connectivity index (χ2n) is 9.30. The molecule has 1 aliphatic heterocycles. The van der Waals surface area contributed by atoms with Crippen molar-refractivity contribution in [3.63, 3.8) is 0 Å². The van der Waals surface area contributed by atoms with Crippen LogP contribution in [0.25, 0.3) is 11.1 Å². The summed E-state index contributed by atoms with van der Waals surface area (Å²) >= 11 is 0. The number of nitrogens with one attached hydrogen (secondary N) is 1. The van der Waals surface area contributed by atoms with Crippen LogP contribution in [0.3, 0.4) is 0 Å². The Hall–Kier alpha value is -3.39. The number of nitrogens with zero attached hydrogens (tertiary/aromatic N) is 3. The Morgan fingerprint density at radius 2 is 2.06 bits per heavy atom. The fraction of sp³-hybridized carbons (Fsp3) is 0.444. The maximum Gasteiger partial charge on any atom is 0.248 e. The van der Waals surface area contributed by atoms with Crippen LogP contribution in [-0.2, 0) is 14.3 Å². The van der Waals surface area contributed by atoms with Gasteiger partial charge in [-0.2, -0.15) is 0 Å². The number of nitrogen functional groups attached to an aromatic ring is 1. The third-order valence-corrected chi connectivity index (χ3v) is 6.55. The summed E-state index contributed by atoms with van der Waals surface area (Å²) in [5.74, 6) is 1.17. The normalized spacial score (nSPS) is 18.2. The van der Waals surface area contributed by atoms with Crippen molar-refractivity contribution in [1.29, 1.82) is 0 Å². The van der Waals surface area contributed by atoms with Crippen LogP contribution in [0, 0.1) is 0 Å². The highest BCUT2D eigenvalue weighted by atomic mass is 16.5. The van der Waals surface area contributed by atoms with Crippen LogP contribution in [0.15, 0.2) is 42.5 Å². The smallest absolute Gasteiger partial charge is 0.248 e. The van der Waals surface area contributed by atoms with Gasteiger partial charge in [0.05, 0.1) is 24.4 Å². The molecular weight excluding hydrogens is 442 g/mol. The van der Waals surface area contributed by atoms with E-state index in [4.69, 9.17) is 15.5 Å². The molecule has 8 heteroatoms. The van der Waals surface area contributed by atoms with Crippen LogP contribution < -0.4 is 16.0 Å². The van der Waals surface area contributed by atoms with Crippen LogP contribution in [0.1, 0.15) is 44.7 Å². The van der Waals surface area contributed by atoms with E-state index in [-0.39, 0.29) is 17.9 Å². The van der Waals surface area contributed by atoms with E-state index in [1.54, 1.807) is 13.2 Å². The molecule has 1 aromatic heterocycles. The number of methoxy groups -OCH3 is 1. The molecule has 2 aliphatic rings. The molecule has 2 fully saturated rings. The van der Waals surface area contributed by atoms with Crippen LogP contribution in [0.4, 0.5) is 17.2 Å². The number of allylic oxidation sites excluding steroid dienone is 1. The van der Waals surface area contributed by atoms with Crippen LogP contribution in [-0.4, -0.2) is 61.1 Å². The first-order valence-corrected chi connectivity index (χ1v) is 12.3. The number of rotatable bonds is 8. The highest BCUT2D eigenvalue weighted by Gasteiger charge is 2.32. The van der Waals surface area contributed by atoms with Gasteiger partial charge in [-0.25, -0.2) is 4.98 Å². The molecule has 3 N–H and O–H groups in total. The maximum absolute atomic E-state index is 12.5. The summed E-state index contributed by atoms with van der Waals surface area (Å²) in [6.45, 7) is 6.33. The number of benzene rings is 1. The molecule has 4 rings (SSSR count). The average Bonchev–Trinajstić information content (AvgIpc) is 3.68. The van der Waals surface area contributed by atoms with Crippen molar-refractivity contribution < 1.29 is 14.3 Å². The second-order valence-corrected chi connectivity index (χ2v) is 9.30. The lowest BCUT2D eigenvalue weighted by atomic mass is 9.99. The summed E-state index contributed by atoms with van der Waals surface area (Å²) in [6.07, 6.45) is 5.83. The Morgan fingerprint density at radius 1 is 1.26 bits per heavy atom. The lowest BCUT2D eigenvalue weighted by molar-refractivity contribution is -0.134. The molecule has 1 aromatic carbocycles. The fourth-order valence-corrected chi connectivity index (χ4v) is 4.64. The Kier molecular flexibility index (Phi) is 7.70. The summed E-state index contributed by atoms with van der Waals surface area (Å²) in [5.41, 5.74) is 11.0. The van der Waals surface area contributed by atoms with E-state index < -0.39 is 0 Å². The summed E-state index contributed by atoms with van der Waals surface area (Å²) in [5, 5.41) is 2.90. The molecule has 1 saturated carbocycles. The third-order valence-electron chi connectivity index (χ3n) is 6.55. The molecule has 8 nitrogen and oxygen atoms in total. The summed E-state index contributed by atoms with van der Waals surface area (Å²) < 4.78 is 5.06. The fourth-order valence-electron chi connectivity index (χ4n) is 4.64. The summed E-state index contributed by atoms with van der Waals surface area (Å²) in [4.78, 5) is 33.7. The van der Waals surface area contributed by atoms with Crippen LogP contribution in [0.5, 0.6) is 0 Å². The van der Waals surface area contributed by atoms with Gasteiger partial charge in [0.2, 0.25) is 11.8 Å². The Labute approximate surface area is 207 Å². The number of carbonyl (C=O) groups excluding carboxylic acids is 2. The zero-order chi connectivity index (χ0) is 24.9. The minimum Gasteiger partial charge on any atom is -0.396 e. The van der Waals surface area contributed by atoms with Crippen molar-refractivity contribution in [1.82, 2.24) is 9.88 Å². The average molecular weight is 478 g/mol. The van der Waals surface area contributed by atoms with Crippen molar-refractivity contribution in [2.45, 2.75) is 45.1 Å². The van der Waals surface area contributed by atoms with Gasteiger partial charge in [-0.05, 0) is 56.5 Å². The number of hydrogen-bond donors (Lipinski definition) is 2. The zero-order valence-electron chi connectivity index (χ0n) is 20.8. The lowest BCUT2D eigenvalue weighted by Gasteiger charge is -2.41. The molecule has 1 saturated heterocycles. The first-order chi connectivity index (χ1) is 16.9. The molecule has 0 spiro atoms. The third kappa shape index (κ3) is 5.82. The largest absolute Gasteiger partial charge is 0.396 e. The quantitative estimate of drug-likeness (QED) is 0.561. The predicted octanol–water partition coefficient (Wildman–Crippen LogP) is 3.80. The van der Waals surface area contributed by atoms with E-state index in [9.17, 15) is 9.59 Å². The van der Waals surface area contributed by atoms with Crippen molar-refractivity contribution in [2.75, 3.05) is 49.3 Å². The summed E-state index contributed by atoms with van der Waals surface area (Å²) in [6, 6.07) is 9.89. The molecular formula is C27H35N5O3. The van der Waals surface area contributed by atoms with E-state index in [1.165, 1.54) is 6.08 Å². The SMILES string of the molecule is C/C=C/C(=O)Nc1cccc(-c2cc(N)c(N3CCN(C(=O)CCOC)[C@H](C)C3)nc2C2CC2)c1. The highest BCUT2D eigenvalue weighted by Crippen LogP contribution is 2.45. The monoisotopic (exact) mass is 477 g/mol. The number of carbonyl (C=O) groups is 2. The van der Waals surface area contributed by atoms with E-state index in [0.717, 1.165) is 41.2 Å². The molecule has 35 heavy (non-hydrogen) atoms. The molecule has 0 bridgehead atoms. The summed E-state index contributed by atoms with van der Waals surface area (Å²) in [7, 11) is 1.61. The number of nitrogens with two attached hydrogens (primary N) is 1. The van der Waals surface area contributed by atoms with Gasteiger partial charge in [0, 0.05) is 50.0 Å². The molecule has 186 valence electrons. The van der Waals surface area contributed by atoms with E-state index in [1.807, 2.05) is 42.2 Å². The van der Waals surface area contributed by atoms with Gasteiger partial charge in [-0.1, -0.05) is 18.2 Å². The first kappa shape index (κ1) is 24.7. The molecule has 2 aromatic rings. The number of anilines is 3. The Morgan fingerprint density at radius 3 is 2.74 bits per heavy atom. The van der Waals surface area contributed by atoms with Gasteiger partial charge in [0.1, 0.15) is 0 Å². The van der Waals surface area contributed by atoms with Crippen molar-refractivity contribution in [3.05, 3.63) is 48.2 Å². The predicted molar refractivity (Wildman–Crippen MR) is 139 cm³/mol. The van der Waals surface area contributed by atoms with E-state index in [0.29, 0.717) is 44.3 Å². The van der Waals surface area contributed by atoms with Gasteiger partial charge in [0.25, 0.3) is 0 Å². The van der Waals surface area contributed by atoms with Gasteiger partial charge < -0.3 is 25.6 Å². The van der Waals surface area contributed by atoms with Crippen LogP contribution >= 0.6 is 0 Å². The molecule has 1 atom stereocenters. The van der Waals surface area contributed by atoms with Gasteiger partial charge in [0.15, 0.2) is 5.82 Å². The first-order valence-electron chi connectivity index (χ1n) is 12.3. The second kappa shape index (κ2) is 10.9. The highest BCUT2D eigenvalue weighted by molar-refractivity contribution is 5.99. The minimum atomic E-state index is -0.158. The zero-order valence-corrected chi connectivity index (χ0v) is 20.8. The Bertz CT molecular complexity index is 1110. The number of pyridine rings is 1. The molecule has 0 radical (unpaired) electrons. The Balaban J connectivity index is 1.58. The standard InChI is InChI=1S/C27H35N5O3/c1-4-6-24(33)29-21-8-5-7-20(15-21)22-16-23(28)27(30-26(22)19-9-10-19)31-12-13-32(18(2)17-31)25(34)11-14-35-3/h4-8,15-16,18-19H,9-14,17,28H2,1-3H3,(H,29,33)/b6-4+/t18-/m1/s1. The minimum absolute atomic E-state index is 0.0656. The number of aromatic nitrogens is 1. The number of ether oxygens (including phenoxy) is 1. The molecule has 2 amide bonds. The van der Waals surface area contributed by atoms with Gasteiger partial charge >= 0.3 is 0 Å². The maximum atomic E-state index is 12.5. The molecule has 2 heterocycles. The topological polar surface area (TPSA) is 101 Å². The van der Waals surface area contributed by atoms with Crippen LogP contribution in [0.2, 0.25) is 0 Å². The molecule has 0 unspecified atom stereocenters. The van der Waals surface area contributed by atoms with Gasteiger partial charge in [-0.3, -0.25) is 9.59 Å². The lowest BCUT2D eigenvalue weighted by Crippen LogP contribution is -2.54. The molecule has 1 aliphatic carbocycles. The number of amides is 2. The van der Waals surface area contributed by atoms with Crippen molar-refractivity contribution in [3.8, 4) is 11.1 Å².